The molecule has 0 N–H and O–H groups in total. The number of allylic oxidation sites excluding steroid dienone is 3. The first-order valence-corrected chi connectivity index (χ1v) is 10.1. The van der Waals surface area contributed by atoms with Crippen LogP contribution in [0.2, 0.25) is 0 Å². The van der Waals surface area contributed by atoms with Crippen molar-refractivity contribution in [3.63, 3.8) is 0 Å². The van der Waals surface area contributed by atoms with Gasteiger partial charge in [0.2, 0.25) is 0 Å². The molecule has 0 aromatic heterocycles. The zero-order valence-corrected chi connectivity index (χ0v) is 19.3. The van der Waals surface area contributed by atoms with E-state index >= 15 is 0 Å². The molecule has 0 aliphatic carbocycles. The zero-order chi connectivity index (χ0) is 22.2. The smallest absolute Gasteiger partial charge is 0.0840 e. The molecule has 0 fully saturated rings. The van der Waals surface area contributed by atoms with Gasteiger partial charge in [0.25, 0.3) is 0 Å². The molecule has 29 heavy (non-hydrogen) atoms. The quantitative estimate of drug-likeness (QED) is 0.187. The summed E-state index contributed by atoms with van der Waals surface area (Å²) < 4.78 is 22.6. The van der Waals surface area contributed by atoms with E-state index in [0.717, 1.165) is 37.0 Å². The van der Waals surface area contributed by atoms with Crippen LogP contribution in [0.1, 0.15) is 46.0 Å². The molecule has 166 valence electrons. The molecule has 0 bridgehead atoms. The lowest BCUT2D eigenvalue weighted by molar-refractivity contribution is -0.0259. The van der Waals surface area contributed by atoms with Crippen molar-refractivity contribution in [1.29, 1.82) is 0 Å². The van der Waals surface area contributed by atoms with Gasteiger partial charge in [-0.25, -0.2) is 0 Å². The molecule has 0 aromatic rings. The van der Waals surface area contributed by atoms with Gasteiger partial charge in [0.05, 0.1) is 24.4 Å². The molecule has 0 spiro atoms. The van der Waals surface area contributed by atoms with Gasteiger partial charge in [0, 0.05) is 47.0 Å². The zero-order valence-electron chi connectivity index (χ0n) is 19.3. The van der Waals surface area contributed by atoms with Crippen LogP contribution in [-0.2, 0) is 18.9 Å². The van der Waals surface area contributed by atoms with Crippen LogP contribution >= 0.6 is 0 Å². The van der Waals surface area contributed by atoms with Gasteiger partial charge in [-0.3, -0.25) is 4.99 Å². The molecule has 0 rings (SSSR count). The third-order valence-corrected chi connectivity index (χ3v) is 5.06. The second-order valence-electron chi connectivity index (χ2n) is 7.30. The van der Waals surface area contributed by atoms with Gasteiger partial charge in [-0.2, -0.15) is 0 Å². The Labute approximate surface area is 178 Å². The Morgan fingerprint density at radius 3 is 1.93 bits per heavy atom. The normalized spacial score (nSPS) is 16.8. The van der Waals surface area contributed by atoms with Gasteiger partial charge in [-0.1, -0.05) is 30.4 Å². The Hall–Kier alpha value is -1.53. The van der Waals surface area contributed by atoms with Crippen LogP contribution in [0.4, 0.5) is 0 Å². The summed E-state index contributed by atoms with van der Waals surface area (Å²) >= 11 is 0. The van der Waals surface area contributed by atoms with Crippen molar-refractivity contribution in [3.8, 4) is 0 Å². The molecule has 0 unspecified atom stereocenters. The van der Waals surface area contributed by atoms with Gasteiger partial charge in [0.15, 0.2) is 0 Å². The molecule has 0 aromatic carbocycles. The second-order valence-corrected chi connectivity index (χ2v) is 7.30. The molecular formula is C24H41NO4. The molecule has 0 radical (unpaired) electrons. The van der Waals surface area contributed by atoms with Gasteiger partial charge in [-0.15, -0.1) is 6.58 Å². The predicted molar refractivity (Wildman–Crippen MR) is 123 cm³/mol. The van der Waals surface area contributed by atoms with Crippen LogP contribution in [0, 0.1) is 0 Å². The van der Waals surface area contributed by atoms with E-state index in [4.69, 9.17) is 18.9 Å². The van der Waals surface area contributed by atoms with Gasteiger partial charge >= 0.3 is 0 Å². The summed E-state index contributed by atoms with van der Waals surface area (Å²) in [6.45, 7) is 15.5. The maximum absolute atomic E-state index is 5.73. The van der Waals surface area contributed by atoms with Crippen LogP contribution in [0.25, 0.3) is 0 Å². The molecule has 5 heteroatoms. The number of hydrogen-bond donors (Lipinski definition) is 0. The minimum absolute atomic E-state index is 0.0105. The topological polar surface area (TPSA) is 49.3 Å². The summed E-state index contributed by atoms with van der Waals surface area (Å²) in [5.41, 5.74) is 3.04. The third-order valence-electron chi connectivity index (χ3n) is 5.06. The lowest BCUT2D eigenvalue weighted by atomic mass is 9.96. The van der Waals surface area contributed by atoms with Crippen LogP contribution in [0.3, 0.4) is 0 Å². The van der Waals surface area contributed by atoms with E-state index in [1.807, 2.05) is 19.1 Å². The fourth-order valence-electron chi connectivity index (χ4n) is 3.12. The summed E-state index contributed by atoms with van der Waals surface area (Å²) in [5, 5.41) is 0. The summed E-state index contributed by atoms with van der Waals surface area (Å²) in [5.74, 6) is 0. The Morgan fingerprint density at radius 1 is 0.897 bits per heavy atom. The average Bonchev–Trinajstić information content (AvgIpc) is 2.73. The highest BCUT2D eigenvalue weighted by Crippen LogP contribution is 2.22. The number of hydrogen-bond acceptors (Lipinski definition) is 5. The van der Waals surface area contributed by atoms with E-state index in [1.54, 1.807) is 28.4 Å². The highest BCUT2D eigenvalue weighted by atomic mass is 16.5. The summed E-state index contributed by atoms with van der Waals surface area (Å²) in [7, 11) is 6.87. The lowest BCUT2D eigenvalue weighted by Gasteiger charge is -2.27. The first kappa shape index (κ1) is 27.5. The minimum Gasteiger partial charge on any atom is -0.381 e. The first-order chi connectivity index (χ1) is 13.8. The van der Waals surface area contributed by atoms with E-state index < -0.39 is 0 Å². The van der Waals surface area contributed by atoms with Crippen molar-refractivity contribution in [1.82, 2.24) is 0 Å². The third kappa shape index (κ3) is 11.9. The van der Waals surface area contributed by atoms with Crippen molar-refractivity contribution < 1.29 is 18.9 Å². The van der Waals surface area contributed by atoms with Crippen molar-refractivity contribution >= 4 is 6.72 Å². The van der Waals surface area contributed by atoms with Gasteiger partial charge in [0.1, 0.15) is 0 Å². The van der Waals surface area contributed by atoms with E-state index in [9.17, 15) is 0 Å². The molecular weight excluding hydrogens is 366 g/mol. The standard InChI is InChI=1S/C24H41NO4/c1-10-11-21(26-6)15-22(27-7)16-23(28-8)17-24(29-9)19(3)14-18(2)12-13-20(4)25-5/h10,13-14,21-24H,1,3,5,11-12,15-17H2,2,4,6-9H3/b18-14-,20-13+/t21-,22-,23-,24-/m0/s1. The number of nitrogens with zero attached hydrogens (tertiary/aromatic N) is 1. The Kier molecular flexibility index (Phi) is 15.4. The van der Waals surface area contributed by atoms with Crippen molar-refractivity contribution in [3.05, 3.63) is 48.2 Å². The van der Waals surface area contributed by atoms with Gasteiger partial charge in [-0.05, 0) is 45.4 Å². The Balaban J connectivity index is 4.96. The SMILES string of the molecule is C=CC[C@@H](C[C@@H](C[C@@H](C[C@H](OC)C(=C)/C=C(/C)C/C=C(\C)N=C)OC)OC)OC. The Bertz CT molecular complexity index is 553. The van der Waals surface area contributed by atoms with Crippen LogP contribution < -0.4 is 0 Å². The van der Waals surface area contributed by atoms with Gasteiger partial charge < -0.3 is 18.9 Å². The number of ether oxygens (including phenoxy) is 4. The summed E-state index contributed by atoms with van der Waals surface area (Å²) in [6.07, 6.45) is 9.84. The van der Waals surface area contributed by atoms with Crippen molar-refractivity contribution in [2.75, 3.05) is 28.4 Å². The van der Waals surface area contributed by atoms with Crippen molar-refractivity contribution in [2.45, 2.75) is 70.4 Å². The number of aliphatic imine (C=N–C) groups is 1. The monoisotopic (exact) mass is 407 g/mol. The molecule has 0 heterocycles. The number of rotatable bonds is 17. The molecule has 0 aliphatic rings. The molecule has 4 atom stereocenters. The molecule has 0 saturated carbocycles. The van der Waals surface area contributed by atoms with Crippen LogP contribution in [0.15, 0.2) is 53.2 Å². The van der Waals surface area contributed by atoms with Crippen LogP contribution in [-0.4, -0.2) is 59.6 Å². The molecule has 5 nitrogen and oxygen atoms in total. The highest BCUT2D eigenvalue weighted by Gasteiger charge is 2.23. The van der Waals surface area contributed by atoms with E-state index in [0.29, 0.717) is 6.42 Å². The van der Waals surface area contributed by atoms with Crippen molar-refractivity contribution in [2.24, 2.45) is 4.99 Å². The summed E-state index contributed by atoms with van der Waals surface area (Å²) in [6, 6.07) is 0. The lowest BCUT2D eigenvalue weighted by Crippen LogP contribution is -2.30. The predicted octanol–water partition coefficient (Wildman–Crippen LogP) is 5.29. The maximum atomic E-state index is 5.73. The molecule has 0 aliphatic heterocycles. The van der Waals surface area contributed by atoms with E-state index in [-0.39, 0.29) is 24.4 Å². The first-order valence-electron chi connectivity index (χ1n) is 10.1. The average molecular weight is 408 g/mol. The minimum atomic E-state index is -0.124. The Morgan fingerprint density at radius 2 is 1.45 bits per heavy atom. The molecule has 0 saturated heterocycles. The fourth-order valence-corrected chi connectivity index (χ4v) is 3.12. The highest BCUT2D eigenvalue weighted by molar-refractivity contribution is 5.29. The largest absolute Gasteiger partial charge is 0.381 e. The van der Waals surface area contributed by atoms with E-state index in [2.05, 4.69) is 37.9 Å². The fraction of sp³-hybridized carbons (Fsp3) is 0.625. The number of methoxy groups -OCH3 is 4. The molecule has 0 amide bonds. The maximum Gasteiger partial charge on any atom is 0.0840 e. The summed E-state index contributed by atoms with van der Waals surface area (Å²) in [4.78, 5) is 3.91. The van der Waals surface area contributed by atoms with Crippen LogP contribution in [0.5, 0.6) is 0 Å². The second kappa shape index (κ2) is 16.3. The van der Waals surface area contributed by atoms with E-state index in [1.165, 1.54) is 5.57 Å².